The summed E-state index contributed by atoms with van der Waals surface area (Å²) in [5, 5.41) is 11.2. The molecular formula is C15H18N2O. The fraction of sp³-hybridized carbons (Fsp3) is 0.400. The average Bonchev–Trinajstić information content (AvgIpc) is 2.36. The molecule has 1 fully saturated rings. The van der Waals surface area contributed by atoms with Crippen LogP contribution in [-0.2, 0) is 6.54 Å². The first-order chi connectivity index (χ1) is 8.68. The molecule has 0 radical (unpaired) electrons. The average molecular weight is 242 g/mol. The molecule has 1 saturated heterocycles. The van der Waals surface area contributed by atoms with Crippen LogP contribution in [0.15, 0.2) is 36.5 Å². The van der Waals surface area contributed by atoms with Crippen LogP contribution in [0.25, 0.3) is 10.9 Å². The molecule has 2 aromatic rings. The lowest BCUT2D eigenvalue weighted by molar-refractivity contribution is -0.103. The van der Waals surface area contributed by atoms with Gasteiger partial charge < -0.3 is 5.11 Å². The summed E-state index contributed by atoms with van der Waals surface area (Å²) in [6.07, 6.45) is 2.77. The van der Waals surface area contributed by atoms with Crippen molar-refractivity contribution in [1.29, 1.82) is 0 Å². The molecule has 1 aliphatic rings. The Hall–Kier alpha value is -1.45. The largest absolute Gasteiger partial charge is 0.387 e. The van der Waals surface area contributed by atoms with Gasteiger partial charge in [0.1, 0.15) is 0 Å². The van der Waals surface area contributed by atoms with Crippen LogP contribution < -0.4 is 0 Å². The second-order valence-corrected chi connectivity index (χ2v) is 5.26. The molecule has 0 amide bonds. The van der Waals surface area contributed by atoms with E-state index in [0.29, 0.717) is 0 Å². The lowest BCUT2D eigenvalue weighted by Gasteiger charge is -2.46. The zero-order valence-electron chi connectivity index (χ0n) is 10.6. The van der Waals surface area contributed by atoms with Crippen molar-refractivity contribution < 1.29 is 5.11 Å². The van der Waals surface area contributed by atoms with E-state index < -0.39 is 5.60 Å². The maximum absolute atomic E-state index is 9.98. The third kappa shape index (κ3) is 2.11. The fourth-order valence-corrected chi connectivity index (χ4v) is 2.58. The van der Waals surface area contributed by atoms with E-state index in [4.69, 9.17) is 0 Å². The number of nitrogens with zero attached hydrogens (tertiary/aromatic N) is 2. The van der Waals surface area contributed by atoms with E-state index in [2.05, 4.69) is 22.0 Å². The number of benzene rings is 1. The summed E-state index contributed by atoms with van der Waals surface area (Å²) >= 11 is 0. The number of pyridine rings is 1. The molecule has 0 unspecified atom stereocenters. The van der Waals surface area contributed by atoms with Gasteiger partial charge in [0, 0.05) is 31.2 Å². The van der Waals surface area contributed by atoms with Crippen LogP contribution in [0, 0.1) is 0 Å². The standard InChI is InChI=1S/C15H18N2O/c1-2-15(18)10-17(11-15)9-12-7-13-5-3-4-6-14(13)16-8-12/h3-8,18H,2,9-11H2,1H3. The number of aliphatic hydroxyl groups is 1. The van der Waals surface area contributed by atoms with E-state index in [0.717, 1.165) is 31.6 Å². The number of para-hydroxylation sites is 1. The summed E-state index contributed by atoms with van der Waals surface area (Å²) in [7, 11) is 0. The normalized spacial score (nSPS) is 18.8. The van der Waals surface area contributed by atoms with Crippen molar-refractivity contribution in [2.24, 2.45) is 0 Å². The molecule has 2 heterocycles. The SMILES string of the molecule is CCC1(O)CN(Cc2cnc3ccccc3c2)C1. The third-order valence-corrected chi connectivity index (χ3v) is 3.75. The Morgan fingerprint density at radius 2 is 2.11 bits per heavy atom. The Kier molecular flexibility index (Phi) is 2.80. The van der Waals surface area contributed by atoms with Crippen LogP contribution in [0.2, 0.25) is 0 Å². The second kappa shape index (κ2) is 4.34. The summed E-state index contributed by atoms with van der Waals surface area (Å²) in [6.45, 7) is 4.46. The monoisotopic (exact) mass is 242 g/mol. The Morgan fingerprint density at radius 3 is 2.89 bits per heavy atom. The number of hydrogen-bond acceptors (Lipinski definition) is 3. The minimum absolute atomic E-state index is 0.454. The smallest absolute Gasteiger partial charge is 0.0897 e. The van der Waals surface area contributed by atoms with Crippen molar-refractivity contribution in [3.63, 3.8) is 0 Å². The van der Waals surface area contributed by atoms with E-state index in [1.807, 2.05) is 31.3 Å². The number of rotatable bonds is 3. The van der Waals surface area contributed by atoms with E-state index in [1.165, 1.54) is 10.9 Å². The molecule has 0 aliphatic carbocycles. The second-order valence-electron chi connectivity index (χ2n) is 5.26. The molecule has 1 aliphatic heterocycles. The highest BCUT2D eigenvalue weighted by molar-refractivity contribution is 5.78. The van der Waals surface area contributed by atoms with Gasteiger partial charge in [-0.1, -0.05) is 25.1 Å². The van der Waals surface area contributed by atoms with Gasteiger partial charge in [-0.15, -0.1) is 0 Å². The van der Waals surface area contributed by atoms with Gasteiger partial charge in [0.2, 0.25) is 0 Å². The zero-order chi connectivity index (χ0) is 12.6. The van der Waals surface area contributed by atoms with Gasteiger partial charge in [0.05, 0.1) is 11.1 Å². The van der Waals surface area contributed by atoms with E-state index >= 15 is 0 Å². The predicted octanol–water partition coefficient (Wildman–Crippen LogP) is 2.19. The Labute approximate surface area is 107 Å². The lowest BCUT2D eigenvalue weighted by Crippen LogP contribution is -2.60. The Morgan fingerprint density at radius 1 is 1.33 bits per heavy atom. The number of hydrogen-bond donors (Lipinski definition) is 1. The van der Waals surface area contributed by atoms with Gasteiger partial charge in [-0.05, 0) is 24.1 Å². The molecule has 0 bridgehead atoms. The molecule has 18 heavy (non-hydrogen) atoms. The van der Waals surface area contributed by atoms with E-state index in [-0.39, 0.29) is 0 Å². The Bertz CT molecular complexity index is 561. The maximum Gasteiger partial charge on any atom is 0.0897 e. The number of β-amino-alcohol motifs (C(OH)–C–C–N with tert-alkyl or cyclic N) is 1. The maximum atomic E-state index is 9.98. The van der Waals surface area contributed by atoms with Crippen molar-refractivity contribution in [2.75, 3.05) is 13.1 Å². The molecule has 0 atom stereocenters. The summed E-state index contributed by atoms with van der Waals surface area (Å²) in [4.78, 5) is 6.72. The highest BCUT2D eigenvalue weighted by Gasteiger charge is 2.38. The van der Waals surface area contributed by atoms with Gasteiger partial charge >= 0.3 is 0 Å². The highest BCUT2D eigenvalue weighted by Crippen LogP contribution is 2.26. The van der Waals surface area contributed by atoms with Crippen LogP contribution in [-0.4, -0.2) is 33.7 Å². The first-order valence-electron chi connectivity index (χ1n) is 6.47. The van der Waals surface area contributed by atoms with Crippen LogP contribution >= 0.6 is 0 Å². The molecule has 0 saturated carbocycles. The van der Waals surface area contributed by atoms with Crippen LogP contribution in [0.5, 0.6) is 0 Å². The van der Waals surface area contributed by atoms with Crippen molar-refractivity contribution in [3.8, 4) is 0 Å². The van der Waals surface area contributed by atoms with Gasteiger partial charge in [-0.25, -0.2) is 0 Å². The van der Waals surface area contributed by atoms with Crippen molar-refractivity contribution in [2.45, 2.75) is 25.5 Å². The van der Waals surface area contributed by atoms with Crippen molar-refractivity contribution in [3.05, 3.63) is 42.1 Å². The highest BCUT2D eigenvalue weighted by atomic mass is 16.3. The van der Waals surface area contributed by atoms with Crippen molar-refractivity contribution in [1.82, 2.24) is 9.88 Å². The summed E-state index contributed by atoms with van der Waals surface area (Å²) in [5.74, 6) is 0. The van der Waals surface area contributed by atoms with Gasteiger partial charge in [-0.3, -0.25) is 9.88 Å². The molecule has 3 rings (SSSR count). The molecular weight excluding hydrogens is 224 g/mol. The summed E-state index contributed by atoms with van der Waals surface area (Å²) in [6, 6.07) is 10.3. The number of aromatic nitrogens is 1. The molecule has 0 spiro atoms. The molecule has 1 aromatic heterocycles. The van der Waals surface area contributed by atoms with Gasteiger partial charge in [0.25, 0.3) is 0 Å². The molecule has 1 N–H and O–H groups in total. The molecule has 94 valence electrons. The Balaban J connectivity index is 1.72. The molecule has 1 aromatic carbocycles. The van der Waals surface area contributed by atoms with E-state index in [1.54, 1.807) is 0 Å². The first-order valence-corrected chi connectivity index (χ1v) is 6.47. The minimum Gasteiger partial charge on any atom is -0.387 e. The van der Waals surface area contributed by atoms with Crippen LogP contribution in [0.1, 0.15) is 18.9 Å². The van der Waals surface area contributed by atoms with Crippen LogP contribution in [0.3, 0.4) is 0 Å². The summed E-state index contributed by atoms with van der Waals surface area (Å²) in [5.41, 5.74) is 1.80. The zero-order valence-corrected chi connectivity index (χ0v) is 10.6. The first kappa shape index (κ1) is 11.6. The fourth-order valence-electron chi connectivity index (χ4n) is 2.58. The molecule has 3 nitrogen and oxygen atoms in total. The van der Waals surface area contributed by atoms with Crippen molar-refractivity contribution >= 4 is 10.9 Å². The van der Waals surface area contributed by atoms with Gasteiger partial charge in [-0.2, -0.15) is 0 Å². The summed E-state index contributed by atoms with van der Waals surface area (Å²) < 4.78 is 0. The van der Waals surface area contributed by atoms with E-state index in [9.17, 15) is 5.11 Å². The number of likely N-dealkylation sites (tertiary alicyclic amines) is 1. The minimum atomic E-state index is -0.454. The topological polar surface area (TPSA) is 36.4 Å². The lowest BCUT2D eigenvalue weighted by atomic mass is 9.91. The third-order valence-electron chi connectivity index (χ3n) is 3.75. The van der Waals surface area contributed by atoms with Gasteiger partial charge in [0.15, 0.2) is 0 Å². The van der Waals surface area contributed by atoms with Crippen LogP contribution in [0.4, 0.5) is 0 Å². The number of fused-ring (bicyclic) bond motifs is 1. The molecule has 3 heteroatoms. The predicted molar refractivity (Wildman–Crippen MR) is 72.3 cm³/mol. The quantitative estimate of drug-likeness (QED) is 0.896.